The van der Waals surface area contributed by atoms with Crippen LogP contribution >= 0.6 is 0 Å². The Morgan fingerprint density at radius 3 is 2.81 bits per heavy atom. The van der Waals surface area contributed by atoms with Crippen molar-refractivity contribution in [3.63, 3.8) is 0 Å². The Morgan fingerprint density at radius 2 is 2.09 bits per heavy atom. The number of aliphatic imine (C=N–C) groups is 1. The second-order valence-electron chi connectivity index (χ2n) is 13.3. The Balaban J connectivity index is 1.46. The highest BCUT2D eigenvalue weighted by Gasteiger charge is 2.34. The third-order valence-electron chi connectivity index (χ3n) is 9.46. The van der Waals surface area contributed by atoms with Gasteiger partial charge in [-0.25, -0.2) is 4.39 Å². The van der Waals surface area contributed by atoms with E-state index in [4.69, 9.17) is 4.74 Å². The molecule has 4 aliphatic heterocycles. The first-order valence-corrected chi connectivity index (χ1v) is 17.0. The lowest BCUT2D eigenvalue weighted by atomic mass is 9.94. The fraction of sp³-hybridized carbons (Fsp3) is 0.514. The average molecular weight is 647 g/mol. The predicted molar refractivity (Wildman–Crippen MR) is 187 cm³/mol. The van der Waals surface area contributed by atoms with E-state index in [1.807, 2.05) is 31.1 Å². The number of benzene rings is 1. The smallest absolute Gasteiger partial charge is 0.280 e. The van der Waals surface area contributed by atoms with Crippen LogP contribution in [0.25, 0.3) is 0 Å². The molecule has 0 spiro atoms. The van der Waals surface area contributed by atoms with Crippen molar-refractivity contribution in [3.05, 3.63) is 83.2 Å². The summed E-state index contributed by atoms with van der Waals surface area (Å²) in [4.78, 5) is 24.9. The molecule has 1 unspecified atom stereocenters. The molecule has 0 radical (unpaired) electrons. The first kappa shape index (κ1) is 34.4. The summed E-state index contributed by atoms with van der Waals surface area (Å²) >= 11 is 0. The summed E-state index contributed by atoms with van der Waals surface area (Å²) in [5.74, 6) is 1.31. The molecule has 1 aromatic rings. The summed E-state index contributed by atoms with van der Waals surface area (Å²) < 4.78 is 20.8. The van der Waals surface area contributed by atoms with Crippen molar-refractivity contribution in [2.75, 3.05) is 56.7 Å². The number of aliphatic hydroxyl groups excluding tert-OH is 1. The zero-order valence-electron chi connectivity index (χ0n) is 28.4. The number of fused-ring (bicyclic) bond motifs is 5. The molecular weight excluding hydrogens is 595 g/mol. The molecule has 4 aliphatic rings. The highest BCUT2D eigenvalue weighted by molar-refractivity contribution is 6.12. The van der Waals surface area contributed by atoms with Gasteiger partial charge in [-0.15, -0.1) is 0 Å². The van der Waals surface area contributed by atoms with Crippen molar-refractivity contribution in [1.82, 2.24) is 15.1 Å². The number of nitrogens with one attached hydrogen (secondary N) is 2. The highest BCUT2D eigenvalue weighted by atomic mass is 19.1. The largest absolute Gasteiger partial charge is 0.479 e. The van der Waals surface area contributed by atoms with Crippen molar-refractivity contribution < 1.29 is 19.0 Å². The van der Waals surface area contributed by atoms with E-state index in [1.54, 1.807) is 6.20 Å². The van der Waals surface area contributed by atoms with Crippen molar-refractivity contribution in [2.45, 2.75) is 71.5 Å². The molecule has 3 N–H and O–H groups in total. The van der Waals surface area contributed by atoms with E-state index < -0.39 is 12.3 Å². The van der Waals surface area contributed by atoms with Crippen LogP contribution in [0.4, 0.5) is 15.8 Å². The summed E-state index contributed by atoms with van der Waals surface area (Å²) in [5.41, 5.74) is 4.59. The molecule has 1 saturated heterocycles. The van der Waals surface area contributed by atoms with Gasteiger partial charge in [0.25, 0.3) is 5.91 Å². The maximum absolute atomic E-state index is 14.6. The third-order valence-corrected chi connectivity index (χ3v) is 9.46. The number of piperidine rings is 1. The maximum Gasteiger partial charge on any atom is 0.280 e. The van der Waals surface area contributed by atoms with Gasteiger partial charge in [0.2, 0.25) is 0 Å². The van der Waals surface area contributed by atoms with Crippen LogP contribution in [0, 0.1) is 5.92 Å². The van der Waals surface area contributed by atoms with Gasteiger partial charge in [-0.2, -0.15) is 4.99 Å². The molecule has 4 heterocycles. The number of anilines is 2. The maximum atomic E-state index is 14.6. The standard InChI is InChI=1S/C37H51FN6O3/c1-6-7-8-15-43-23-30-20-31(28(43)4)27(3)36(39-5)47-18-9-10-26(2)21-44-24-34(41-35(30)46)40-32-12-11-29(19-33(32)44)22-42-16-13-37(38,25-45)14-17-42/h8,11-12,15,19-20,23,26,39,45H,4,6-7,9-10,13-14,16-18,21-22,24-25H2,1-3,5H3,(H,40,41,46)/b15-8-,36-27-. The third kappa shape index (κ3) is 8.34. The number of hydrogen-bond donors (Lipinski definition) is 3. The van der Waals surface area contributed by atoms with E-state index in [-0.39, 0.29) is 5.91 Å². The number of nitrogens with zero attached hydrogens (tertiary/aromatic N) is 4. The summed E-state index contributed by atoms with van der Waals surface area (Å²) in [6.45, 7) is 14.1. The fourth-order valence-corrected chi connectivity index (χ4v) is 6.58. The van der Waals surface area contributed by atoms with Gasteiger partial charge in [-0.3, -0.25) is 9.69 Å². The summed E-state index contributed by atoms with van der Waals surface area (Å²) in [5, 5.41) is 16.1. The highest BCUT2D eigenvalue weighted by Crippen LogP contribution is 2.35. The van der Waals surface area contributed by atoms with E-state index >= 15 is 0 Å². The van der Waals surface area contributed by atoms with E-state index in [1.165, 1.54) is 0 Å². The molecule has 1 aromatic carbocycles. The number of alkyl halides is 1. The average Bonchev–Trinajstić information content (AvgIpc) is 3.06. The Hall–Kier alpha value is -3.89. The van der Waals surface area contributed by atoms with Gasteiger partial charge in [0.15, 0.2) is 5.88 Å². The molecule has 47 heavy (non-hydrogen) atoms. The number of halogens is 1. The van der Waals surface area contributed by atoms with Crippen LogP contribution < -0.4 is 15.5 Å². The number of likely N-dealkylation sites (tertiary alicyclic amines) is 1. The molecule has 4 bridgehead atoms. The molecule has 5 rings (SSSR count). The Labute approximate surface area is 279 Å². The monoisotopic (exact) mass is 646 g/mol. The van der Waals surface area contributed by atoms with Crippen LogP contribution in [0.1, 0.15) is 64.9 Å². The minimum absolute atomic E-state index is 0.330. The number of ether oxygens (including phenoxy) is 1. The van der Waals surface area contributed by atoms with E-state index in [9.17, 15) is 14.3 Å². The predicted octanol–water partition coefficient (Wildman–Crippen LogP) is 5.99. The number of carbonyl (C=O) groups excluding carboxylic acids is 1. The Bertz CT molecular complexity index is 1490. The molecule has 1 amide bonds. The molecule has 254 valence electrons. The Morgan fingerprint density at radius 1 is 1.30 bits per heavy atom. The number of carbonyl (C=O) groups is 1. The van der Waals surface area contributed by atoms with E-state index in [0.717, 1.165) is 66.0 Å². The number of aliphatic hydroxyl groups is 1. The van der Waals surface area contributed by atoms with Crippen LogP contribution in [-0.4, -0.2) is 78.8 Å². The molecule has 0 saturated carbocycles. The quantitative estimate of drug-likeness (QED) is 0.333. The topological polar surface area (TPSA) is 92.7 Å². The first-order chi connectivity index (χ1) is 22.6. The minimum atomic E-state index is -1.47. The Kier molecular flexibility index (Phi) is 11.2. The van der Waals surface area contributed by atoms with Crippen LogP contribution in [0.15, 0.2) is 82.6 Å². The number of amidine groups is 1. The lowest BCUT2D eigenvalue weighted by Gasteiger charge is -2.37. The molecule has 0 aromatic heterocycles. The molecule has 9 nitrogen and oxygen atoms in total. The van der Waals surface area contributed by atoms with Crippen molar-refractivity contribution in [3.8, 4) is 0 Å². The van der Waals surface area contributed by atoms with Crippen LogP contribution in [0.3, 0.4) is 0 Å². The van der Waals surface area contributed by atoms with E-state index in [2.05, 4.69) is 70.1 Å². The van der Waals surface area contributed by atoms with Gasteiger partial charge in [-0.05, 0) is 68.7 Å². The van der Waals surface area contributed by atoms with Gasteiger partial charge in [0.05, 0.1) is 36.7 Å². The number of unbranched alkanes of at least 4 members (excludes halogenated alkanes) is 1. The van der Waals surface area contributed by atoms with Crippen molar-refractivity contribution >= 4 is 23.1 Å². The molecule has 1 fully saturated rings. The number of hydrogen-bond acceptors (Lipinski definition) is 8. The van der Waals surface area contributed by atoms with Gasteiger partial charge in [-0.1, -0.05) is 39.0 Å². The summed E-state index contributed by atoms with van der Waals surface area (Å²) in [6.07, 6.45) is 12.2. The fourth-order valence-electron chi connectivity index (χ4n) is 6.58. The summed E-state index contributed by atoms with van der Waals surface area (Å²) in [7, 11) is 1.85. The number of amides is 1. The normalized spacial score (nSPS) is 25.3. The minimum Gasteiger partial charge on any atom is -0.479 e. The second kappa shape index (κ2) is 15.3. The molecular formula is C37H51FN6O3. The lowest BCUT2D eigenvalue weighted by Crippen LogP contribution is -2.43. The zero-order valence-corrected chi connectivity index (χ0v) is 28.4. The molecule has 10 heteroatoms. The lowest BCUT2D eigenvalue weighted by molar-refractivity contribution is -0.114. The zero-order chi connectivity index (χ0) is 33.6. The first-order valence-electron chi connectivity index (χ1n) is 17.0. The number of rotatable bonds is 7. The van der Waals surface area contributed by atoms with Gasteiger partial charge < -0.3 is 30.3 Å². The molecule has 1 atom stereocenters. The van der Waals surface area contributed by atoms with Crippen LogP contribution in [0.5, 0.6) is 0 Å². The van der Waals surface area contributed by atoms with Crippen molar-refractivity contribution in [2.24, 2.45) is 10.9 Å². The molecule has 0 aliphatic carbocycles. The summed E-state index contributed by atoms with van der Waals surface area (Å²) in [6, 6.07) is 6.35. The number of allylic oxidation sites excluding steroid dienone is 2. The SMILES string of the molecule is C=C1C2=CC(=CN1/C=C\CCC)C(=O)/N=C1/CN(CC(C)CCCO/C(NC)=C\2C)c2cc(CN3CCC(F)(CO)CC3)ccc2N1. The van der Waals surface area contributed by atoms with Crippen molar-refractivity contribution in [1.29, 1.82) is 0 Å². The van der Waals surface area contributed by atoms with Gasteiger partial charge in [0.1, 0.15) is 11.5 Å². The van der Waals surface area contributed by atoms with Crippen LogP contribution in [-0.2, 0) is 16.1 Å². The van der Waals surface area contributed by atoms with Gasteiger partial charge in [0, 0.05) is 62.5 Å². The van der Waals surface area contributed by atoms with Crippen LogP contribution in [0.2, 0.25) is 0 Å². The van der Waals surface area contributed by atoms with E-state index in [0.29, 0.717) is 68.8 Å². The van der Waals surface area contributed by atoms with Gasteiger partial charge >= 0.3 is 0 Å². The second-order valence-corrected chi connectivity index (χ2v) is 13.3.